The molecule has 2 aromatic carbocycles. The van der Waals surface area contributed by atoms with Crippen molar-refractivity contribution >= 4 is 32.9 Å². The summed E-state index contributed by atoms with van der Waals surface area (Å²) in [4.78, 5) is 4.31. The van der Waals surface area contributed by atoms with Gasteiger partial charge in [0.1, 0.15) is 12.1 Å². The molecule has 0 aliphatic rings. The lowest BCUT2D eigenvalue weighted by atomic mass is 10.1. The van der Waals surface area contributed by atoms with E-state index in [0.717, 1.165) is 15.5 Å². The quantitative estimate of drug-likeness (QED) is 0.738. The lowest BCUT2D eigenvalue weighted by molar-refractivity contribution is 1.11. The van der Waals surface area contributed by atoms with Crippen molar-refractivity contribution in [1.82, 2.24) is 9.55 Å². The van der Waals surface area contributed by atoms with Crippen molar-refractivity contribution in [2.45, 2.75) is 0 Å². The minimum atomic E-state index is 0.313. The Kier molecular flexibility index (Phi) is 3.09. The van der Waals surface area contributed by atoms with Crippen LogP contribution < -0.4 is 5.73 Å². The van der Waals surface area contributed by atoms with Crippen LogP contribution in [-0.2, 0) is 0 Å². The number of benzene rings is 2. The maximum atomic E-state index is 9.13. The zero-order chi connectivity index (χ0) is 15.0. The lowest BCUT2D eigenvalue weighted by Crippen LogP contribution is -2.01. The molecule has 1 heterocycles. The summed E-state index contributed by atoms with van der Waals surface area (Å²) in [6.07, 6.45) is 0. The van der Waals surface area contributed by atoms with E-state index in [2.05, 4.69) is 20.9 Å². The molecule has 0 bridgehead atoms. The van der Waals surface area contributed by atoms with E-state index in [1.165, 1.54) is 0 Å². The van der Waals surface area contributed by atoms with E-state index in [-0.39, 0.29) is 0 Å². The van der Waals surface area contributed by atoms with Crippen LogP contribution >= 0.6 is 15.9 Å². The summed E-state index contributed by atoms with van der Waals surface area (Å²) in [6.45, 7) is 0. The molecule has 6 heteroatoms. The van der Waals surface area contributed by atoms with Gasteiger partial charge in [-0.15, -0.1) is 0 Å². The Labute approximate surface area is 129 Å². The number of nitrogens with zero attached hydrogens (tertiary/aromatic N) is 4. The molecule has 3 rings (SSSR count). The monoisotopic (exact) mass is 337 g/mol. The standard InChI is InChI=1S/C15H8BrN5/c16-11-2-4-14-13(6-11)20-15(19)21(14)12-3-1-9(7-17)10(5-12)8-18/h1-6H,(H2,19,20). The van der Waals surface area contributed by atoms with Gasteiger partial charge in [0, 0.05) is 4.47 Å². The molecular weight excluding hydrogens is 330 g/mol. The molecule has 21 heavy (non-hydrogen) atoms. The summed E-state index contributed by atoms with van der Waals surface area (Å²) < 4.78 is 2.67. The average Bonchev–Trinajstić information content (AvgIpc) is 2.81. The van der Waals surface area contributed by atoms with Crippen LogP contribution in [0.5, 0.6) is 0 Å². The van der Waals surface area contributed by atoms with Gasteiger partial charge in [0.2, 0.25) is 5.95 Å². The summed E-state index contributed by atoms with van der Waals surface area (Å²) in [7, 11) is 0. The fourth-order valence-electron chi connectivity index (χ4n) is 2.20. The number of nitrogens with two attached hydrogens (primary N) is 1. The van der Waals surface area contributed by atoms with Gasteiger partial charge in [0.25, 0.3) is 0 Å². The number of nitrogen functional groups attached to an aromatic ring is 1. The molecular formula is C15H8BrN5. The second-order valence-corrected chi connectivity index (χ2v) is 5.31. The number of rotatable bonds is 1. The van der Waals surface area contributed by atoms with E-state index in [1.807, 2.05) is 30.3 Å². The Hall–Kier alpha value is -2.83. The third-order valence-electron chi connectivity index (χ3n) is 3.14. The summed E-state index contributed by atoms with van der Waals surface area (Å²) in [5, 5.41) is 18.1. The van der Waals surface area contributed by atoms with Crippen molar-refractivity contribution in [2.24, 2.45) is 0 Å². The van der Waals surface area contributed by atoms with Gasteiger partial charge in [0.05, 0.1) is 27.8 Å². The van der Waals surface area contributed by atoms with Gasteiger partial charge in [-0.05, 0) is 36.4 Å². The van der Waals surface area contributed by atoms with Gasteiger partial charge in [-0.25, -0.2) is 4.98 Å². The zero-order valence-electron chi connectivity index (χ0n) is 10.7. The molecule has 0 saturated carbocycles. The third-order valence-corrected chi connectivity index (χ3v) is 3.64. The van der Waals surface area contributed by atoms with E-state index < -0.39 is 0 Å². The van der Waals surface area contributed by atoms with Gasteiger partial charge in [-0.3, -0.25) is 4.57 Å². The number of imidazole rings is 1. The van der Waals surface area contributed by atoms with E-state index >= 15 is 0 Å². The first-order valence-corrected chi connectivity index (χ1v) is 6.81. The molecule has 0 radical (unpaired) electrons. The van der Waals surface area contributed by atoms with Crippen molar-refractivity contribution in [2.75, 3.05) is 5.73 Å². The second-order valence-electron chi connectivity index (χ2n) is 4.39. The summed E-state index contributed by atoms with van der Waals surface area (Å²) in [5.41, 5.74) is 8.93. The number of anilines is 1. The van der Waals surface area contributed by atoms with Gasteiger partial charge < -0.3 is 5.73 Å². The predicted molar refractivity (Wildman–Crippen MR) is 82.6 cm³/mol. The van der Waals surface area contributed by atoms with E-state index in [1.54, 1.807) is 22.8 Å². The molecule has 3 aromatic rings. The van der Waals surface area contributed by atoms with Crippen LogP contribution in [0.2, 0.25) is 0 Å². The third kappa shape index (κ3) is 2.12. The number of halogens is 1. The SMILES string of the molecule is N#Cc1ccc(-n2c(N)nc3cc(Br)ccc32)cc1C#N. The molecule has 2 N–H and O–H groups in total. The smallest absolute Gasteiger partial charge is 0.205 e. The van der Waals surface area contributed by atoms with Crippen molar-refractivity contribution in [3.8, 4) is 17.8 Å². The molecule has 0 fully saturated rings. The molecule has 5 nitrogen and oxygen atoms in total. The van der Waals surface area contributed by atoms with Crippen molar-refractivity contribution in [3.63, 3.8) is 0 Å². The Morgan fingerprint density at radius 2 is 1.81 bits per heavy atom. The highest BCUT2D eigenvalue weighted by atomic mass is 79.9. The highest BCUT2D eigenvalue weighted by Gasteiger charge is 2.12. The largest absolute Gasteiger partial charge is 0.369 e. The highest BCUT2D eigenvalue weighted by molar-refractivity contribution is 9.10. The van der Waals surface area contributed by atoms with Crippen molar-refractivity contribution in [3.05, 3.63) is 52.0 Å². The average molecular weight is 338 g/mol. The minimum Gasteiger partial charge on any atom is -0.369 e. The first kappa shape index (κ1) is 13.2. The van der Waals surface area contributed by atoms with Gasteiger partial charge in [-0.2, -0.15) is 10.5 Å². The van der Waals surface area contributed by atoms with Crippen LogP contribution in [0.15, 0.2) is 40.9 Å². The predicted octanol–water partition coefficient (Wildman–Crippen LogP) is 3.11. The van der Waals surface area contributed by atoms with E-state index in [0.29, 0.717) is 22.8 Å². The van der Waals surface area contributed by atoms with E-state index in [4.69, 9.17) is 16.3 Å². The summed E-state index contributed by atoms with van der Waals surface area (Å²) >= 11 is 3.39. The summed E-state index contributed by atoms with van der Waals surface area (Å²) in [6, 6.07) is 14.7. The van der Waals surface area contributed by atoms with Gasteiger partial charge in [-0.1, -0.05) is 15.9 Å². The maximum absolute atomic E-state index is 9.13. The fourth-order valence-corrected chi connectivity index (χ4v) is 2.55. The Bertz CT molecular complexity index is 943. The highest BCUT2D eigenvalue weighted by Crippen LogP contribution is 2.26. The second kappa shape index (κ2) is 4.93. The number of fused-ring (bicyclic) bond motifs is 1. The molecule has 1 aromatic heterocycles. The lowest BCUT2D eigenvalue weighted by Gasteiger charge is -2.07. The van der Waals surface area contributed by atoms with Crippen molar-refractivity contribution < 1.29 is 0 Å². The van der Waals surface area contributed by atoms with Crippen LogP contribution in [0.4, 0.5) is 5.95 Å². The first-order valence-electron chi connectivity index (χ1n) is 6.02. The molecule has 0 aliphatic heterocycles. The normalized spacial score (nSPS) is 10.2. The van der Waals surface area contributed by atoms with Gasteiger partial charge >= 0.3 is 0 Å². The first-order chi connectivity index (χ1) is 10.1. The van der Waals surface area contributed by atoms with Crippen LogP contribution in [0.3, 0.4) is 0 Å². The topological polar surface area (TPSA) is 91.4 Å². The van der Waals surface area contributed by atoms with Crippen LogP contribution in [-0.4, -0.2) is 9.55 Å². The van der Waals surface area contributed by atoms with Crippen molar-refractivity contribution in [1.29, 1.82) is 10.5 Å². The van der Waals surface area contributed by atoms with E-state index in [9.17, 15) is 0 Å². The Balaban J connectivity index is 2.29. The molecule has 0 aliphatic carbocycles. The van der Waals surface area contributed by atoms with Gasteiger partial charge in [0.15, 0.2) is 0 Å². The summed E-state index contributed by atoms with van der Waals surface area (Å²) in [5.74, 6) is 0.330. The molecule has 0 amide bonds. The van der Waals surface area contributed by atoms with Crippen LogP contribution in [0, 0.1) is 22.7 Å². The maximum Gasteiger partial charge on any atom is 0.205 e. The molecule has 0 saturated heterocycles. The molecule has 0 spiro atoms. The van der Waals surface area contributed by atoms with Crippen LogP contribution in [0.1, 0.15) is 11.1 Å². The molecule has 0 unspecified atom stereocenters. The zero-order valence-corrected chi connectivity index (χ0v) is 12.3. The number of hydrogen-bond donors (Lipinski definition) is 1. The minimum absolute atomic E-state index is 0.313. The Morgan fingerprint density at radius 3 is 2.52 bits per heavy atom. The fraction of sp³-hybridized carbons (Fsp3) is 0. The van der Waals surface area contributed by atoms with Crippen LogP contribution in [0.25, 0.3) is 16.7 Å². The molecule has 100 valence electrons. The molecule has 0 atom stereocenters. The number of aromatic nitrogens is 2. The number of nitriles is 2. The Morgan fingerprint density at radius 1 is 1.05 bits per heavy atom. The number of hydrogen-bond acceptors (Lipinski definition) is 4.